The number of thiophene rings is 1. The number of imidazole rings is 1. The van der Waals surface area contributed by atoms with Gasteiger partial charge in [-0.2, -0.15) is 0 Å². The summed E-state index contributed by atoms with van der Waals surface area (Å²) in [6, 6.07) is 8.45. The molecule has 0 spiro atoms. The third kappa shape index (κ3) is 3.60. The summed E-state index contributed by atoms with van der Waals surface area (Å²) >= 11 is 1.51. The van der Waals surface area contributed by atoms with E-state index in [-0.39, 0.29) is 16.8 Å². The molecule has 9 heteroatoms. The van der Waals surface area contributed by atoms with Crippen LogP contribution in [0, 0.1) is 0 Å². The van der Waals surface area contributed by atoms with Crippen LogP contribution < -0.4 is 10.0 Å². The van der Waals surface area contributed by atoms with Crippen LogP contribution in [0.3, 0.4) is 0 Å². The molecule has 28 heavy (non-hydrogen) atoms. The molecule has 3 heterocycles. The van der Waals surface area contributed by atoms with Crippen LogP contribution in [-0.4, -0.2) is 37.0 Å². The summed E-state index contributed by atoms with van der Waals surface area (Å²) in [5.74, 6) is -0.273. The van der Waals surface area contributed by atoms with E-state index in [9.17, 15) is 13.2 Å². The zero-order valence-corrected chi connectivity index (χ0v) is 16.9. The Morgan fingerprint density at radius 1 is 1.32 bits per heavy atom. The minimum absolute atomic E-state index is 0.0325. The molecule has 0 radical (unpaired) electrons. The standard InChI is InChI=1S/C19H20N4O3S2/c1-20-28(25,26)15-6-7-16(18-3-2-8-27-18)17(9-15)19(24)22-13-4-5-14-10-21-12-23(14)11-13/h2-3,6-10,12-13,20H,4-5,11H2,1H3,(H,22,24). The molecule has 146 valence electrons. The highest BCUT2D eigenvalue weighted by molar-refractivity contribution is 7.89. The Morgan fingerprint density at radius 2 is 2.18 bits per heavy atom. The van der Waals surface area contributed by atoms with Crippen LogP contribution in [0.5, 0.6) is 0 Å². The molecule has 4 rings (SSSR count). The lowest BCUT2D eigenvalue weighted by Crippen LogP contribution is -2.41. The largest absolute Gasteiger partial charge is 0.347 e. The van der Waals surface area contributed by atoms with Crippen molar-refractivity contribution in [1.82, 2.24) is 19.6 Å². The van der Waals surface area contributed by atoms with Crippen molar-refractivity contribution < 1.29 is 13.2 Å². The second-order valence-corrected chi connectivity index (χ2v) is 9.47. The number of fused-ring (bicyclic) bond motifs is 1. The number of carbonyl (C=O) groups is 1. The van der Waals surface area contributed by atoms with Crippen LogP contribution in [0.15, 0.2) is 53.1 Å². The summed E-state index contributed by atoms with van der Waals surface area (Å²) in [7, 11) is -2.29. The van der Waals surface area contributed by atoms with Crippen molar-refractivity contribution in [2.24, 2.45) is 0 Å². The Labute approximate surface area is 167 Å². The number of rotatable bonds is 5. The summed E-state index contributed by atoms with van der Waals surface area (Å²) in [5.41, 5.74) is 2.24. The minimum atomic E-state index is -3.64. The maximum Gasteiger partial charge on any atom is 0.252 e. The molecular weight excluding hydrogens is 396 g/mol. The molecular formula is C19H20N4O3S2. The molecule has 1 aliphatic heterocycles. The minimum Gasteiger partial charge on any atom is -0.347 e. The fraction of sp³-hybridized carbons (Fsp3) is 0.263. The summed E-state index contributed by atoms with van der Waals surface area (Å²) in [6.45, 7) is 0.657. The first kappa shape index (κ1) is 18.9. The highest BCUT2D eigenvalue weighted by Gasteiger charge is 2.24. The van der Waals surface area contributed by atoms with Crippen LogP contribution in [-0.2, 0) is 23.0 Å². The fourth-order valence-electron chi connectivity index (χ4n) is 3.40. The van der Waals surface area contributed by atoms with E-state index in [0.29, 0.717) is 12.1 Å². The number of sulfonamides is 1. The summed E-state index contributed by atoms with van der Waals surface area (Å²) < 4.78 is 28.8. The van der Waals surface area contributed by atoms with E-state index in [1.165, 1.54) is 30.5 Å². The Hall–Kier alpha value is -2.49. The molecule has 2 aromatic heterocycles. The lowest BCUT2D eigenvalue weighted by molar-refractivity contribution is 0.0928. The smallest absolute Gasteiger partial charge is 0.252 e. The van der Waals surface area contributed by atoms with Gasteiger partial charge in [0, 0.05) is 40.5 Å². The quantitative estimate of drug-likeness (QED) is 0.667. The van der Waals surface area contributed by atoms with Crippen LogP contribution >= 0.6 is 11.3 Å². The lowest BCUT2D eigenvalue weighted by Gasteiger charge is -2.25. The number of nitrogens with zero attached hydrogens (tertiary/aromatic N) is 2. The second kappa shape index (κ2) is 7.50. The van der Waals surface area contributed by atoms with Gasteiger partial charge < -0.3 is 9.88 Å². The predicted octanol–water partition coefficient (Wildman–Crippen LogP) is 2.26. The molecule has 1 aliphatic rings. The number of nitrogens with one attached hydrogen (secondary N) is 2. The van der Waals surface area contributed by atoms with Crippen molar-refractivity contribution in [3.8, 4) is 10.4 Å². The molecule has 0 saturated carbocycles. The van der Waals surface area contributed by atoms with Crippen LogP contribution in [0.2, 0.25) is 0 Å². The van der Waals surface area contributed by atoms with Crippen molar-refractivity contribution in [2.45, 2.75) is 30.3 Å². The van der Waals surface area contributed by atoms with Gasteiger partial charge in [-0.05, 0) is 43.5 Å². The first-order chi connectivity index (χ1) is 13.5. The zero-order valence-electron chi connectivity index (χ0n) is 15.3. The number of hydrogen-bond donors (Lipinski definition) is 2. The topological polar surface area (TPSA) is 93.1 Å². The van der Waals surface area contributed by atoms with Gasteiger partial charge in [0.05, 0.1) is 11.2 Å². The van der Waals surface area contributed by atoms with Crippen molar-refractivity contribution in [1.29, 1.82) is 0 Å². The normalized spacial score (nSPS) is 16.5. The van der Waals surface area contributed by atoms with E-state index < -0.39 is 10.0 Å². The number of hydrogen-bond acceptors (Lipinski definition) is 5. The summed E-state index contributed by atoms with van der Waals surface area (Å²) in [4.78, 5) is 18.2. The number of aryl methyl sites for hydroxylation is 1. The number of aromatic nitrogens is 2. The zero-order chi connectivity index (χ0) is 19.7. The fourth-order valence-corrected chi connectivity index (χ4v) is 4.92. The number of carbonyl (C=O) groups excluding carboxylic acids is 1. The summed E-state index contributed by atoms with van der Waals surface area (Å²) in [5, 5.41) is 4.99. The van der Waals surface area contributed by atoms with E-state index in [1.807, 2.05) is 28.3 Å². The average molecular weight is 417 g/mol. The van der Waals surface area contributed by atoms with Gasteiger partial charge in [-0.1, -0.05) is 12.1 Å². The highest BCUT2D eigenvalue weighted by atomic mass is 32.2. The Balaban J connectivity index is 1.66. The van der Waals surface area contributed by atoms with Gasteiger partial charge in [0.25, 0.3) is 5.91 Å². The Bertz CT molecular complexity index is 1100. The third-order valence-electron chi connectivity index (χ3n) is 4.90. The molecule has 3 aromatic rings. The van der Waals surface area contributed by atoms with Gasteiger partial charge in [0.1, 0.15) is 0 Å². The second-order valence-electron chi connectivity index (χ2n) is 6.64. The van der Waals surface area contributed by atoms with Crippen molar-refractivity contribution in [3.05, 3.63) is 59.5 Å². The van der Waals surface area contributed by atoms with Gasteiger partial charge in [0.15, 0.2) is 0 Å². The molecule has 7 nitrogen and oxygen atoms in total. The Morgan fingerprint density at radius 3 is 2.93 bits per heavy atom. The molecule has 1 atom stereocenters. The van der Waals surface area contributed by atoms with E-state index in [2.05, 4.69) is 15.0 Å². The maximum atomic E-state index is 13.1. The van der Waals surface area contributed by atoms with Gasteiger partial charge in [-0.3, -0.25) is 4.79 Å². The van der Waals surface area contributed by atoms with Gasteiger partial charge in [-0.15, -0.1) is 11.3 Å². The van der Waals surface area contributed by atoms with Crippen LogP contribution in [0.4, 0.5) is 0 Å². The molecule has 0 bridgehead atoms. The van der Waals surface area contributed by atoms with Crippen molar-refractivity contribution >= 4 is 27.3 Å². The third-order valence-corrected chi connectivity index (χ3v) is 7.22. The molecule has 1 aromatic carbocycles. The van der Waals surface area contributed by atoms with Crippen LogP contribution in [0.1, 0.15) is 22.5 Å². The van der Waals surface area contributed by atoms with Gasteiger partial charge in [-0.25, -0.2) is 18.1 Å². The van der Waals surface area contributed by atoms with Crippen LogP contribution in [0.25, 0.3) is 10.4 Å². The van der Waals surface area contributed by atoms with Crippen molar-refractivity contribution in [2.75, 3.05) is 7.05 Å². The Kier molecular flexibility index (Phi) is 5.05. The molecule has 0 aliphatic carbocycles. The molecule has 1 unspecified atom stereocenters. The number of benzene rings is 1. The average Bonchev–Trinajstić information content (AvgIpc) is 3.39. The number of amides is 1. The first-order valence-electron chi connectivity index (χ1n) is 8.89. The van der Waals surface area contributed by atoms with E-state index >= 15 is 0 Å². The monoisotopic (exact) mass is 416 g/mol. The van der Waals surface area contributed by atoms with E-state index in [0.717, 1.165) is 29.0 Å². The summed E-state index contributed by atoms with van der Waals surface area (Å²) in [6.07, 6.45) is 5.28. The first-order valence-corrected chi connectivity index (χ1v) is 11.3. The van der Waals surface area contributed by atoms with E-state index in [4.69, 9.17) is 0 Å². The van der Waals surface area contributed by atoms with Gasteiger partial charge in [0.2, 0.25) is 10.0 Å². The maximum absolute atomic E-state index is 13.1. The molecule has 1 amide bonds. The van der Waals surface area contributed by atoms with E-state index in [1.54, 1.807) is 12.4 Å². The van der Waals surface area contributed by atoms with Gasteiger partial charge >= 0.3 is 0 Å². The molecule has 2 N–H and O–H groups in total. The van der Waals surface area contributed by atoms with Crippen molar-refractivity contribution in [3.63, 3.8) is 0 Å². The lowest BCUT2D eigenvalue weighted by atomic mass is 10.0. The molecule has 0 fully saturated rings. The highest BCUT2D eigenvalue weighted by Crippen LogP contribution is 2.30. The predicted molar refractivity (Wildman–Crippen MR) is 108 cm³/mol. The SMILES string of the molecule is CNS(=O)(=O)c1ccc(-c2cccs2)c(C(=O)NC2CCc3cncn3C2)c1. The molecule has 0 saturated heterocycles.